The topological polar surface area (TPSA) is 31.0 Å². The summed E-state index contributed by atoms with van der Waals surface area (Å²) < 4.78 is 9.11. The number of nitrogens with zero attached hydrogens (tertiary/aromatic N) is 5. The Balaban J connectivity index is 1.02. The number of anilines is 12. The molecule has 3 aliphatic heterocycles. The molecule has 0 amide bonds. The maximum absolute atomic E-state index is 6.57. The molecule has 5 heterocycles. The smallest absolute Gasteiger partial charge is 0.252 e. The normalized spacial score (nSPS) is 13.2. The van der Waals surface area contributed by atoms with Gasteiger partial charge in [0.25, 0.3) is 6.71 Å². The van der Waals surface area contributed by atoms with Crippen LogP contribution >= 0.6 is 0 Å². The zero-order valence-corrected chi connectivity index (χ0v) is 46.3. The Hall–Kier alpha value is -9.72. The van der Waals surface area contributed by atoms with Crippen LogP contribution in [0.25, 0.3) is 49.4 Å². The Morgan fingerprint density at radius 2 is 0.889 bits per heavy atom. The SMILES string of the molecule is CC(C)(C)c1ccc(N(c2ccc(C(C)(C)C)cc2)c2ccc3c(c2)N(c2ccc4oc5ccccc5c4c2)c2cc(N(c4ccccc4)c4ccccc4)cc4c2B3c2cccc3c2N4c2cccc4c5ccccc5n-3c24)cc1. The second-order valence-corrected chi connectivity index (χ2v) is 24.2. The van der Waals surface area contributed by atoms with Crippen molar-refractivity contribution in [1.29, 1.82) is 0 Å². The third kappa shape index (κ3) is 7.14. The predicted octanol–water partition coefficient (Wildman–Crippen LogP) is 18.6. The average Bonchev–Trinajstić information content (AvgIpc) is 3.39. The van der Waals surface area contributed by atoms with E-state index < -0.39 is 0 Å². The Bertz CT molecular complexity index is 4580. The third-order valence-corrected chi connectivity index (χ3v) is 17.3. The van der Waals surface area contributed by atoms with Gasteiger partial charge >= 0.3 is 0 Å². The van der Waals surface area contributed by atoms with Crippen molar-refractivity contribution in [2.24, 2.45) is 0 Å². The monoisotopic (exact) mass is 1040 g/mol. The van der Waals surface area contributed by atoms with Crippen molar-refractivity contribution in [3.63, 3.8) is 0 Å². The molecule has 388 valence electrons. The van der Waals surface area contributed by atoms with Gasteiger partial charge in [-0.15, -0.1) is 0 Å². The molecule has 0 saturated heterocycles. The first-order chi connectivity index (χ1) is 39.5. The number of aromatic nitrogens is 1. The van der Waals surface area contributed by atoms with Crippen LogP contribution in [0, 0.1) is 0 Å². The van der Waals surface area contributed by atoms with Gasteiger partial charge in [0.1, 0.15) is 11.2 Å². The van der Waals surface area contributed by atoms with Crippen LogP contribution in [0.15, 0.2) is 247 Å². The minimum atomic E-state index is -0.135. The van der Waals surface area contributed by atoms with E-state index in [0.29, 0.717) is 0 Å². The van der Waals surface area contributed by atoms with Gasteiger partial charge in [0.15, 0.2) is 0 Å². The molecule has 13 aromatic rings. The van der Waals surface area contributed by atoms with Crippen LogP contribution in [-0.4, -0.2) is 11.3 Å². The number of hydrogen-bond donors (Lipinski definition) is 0. The number of hydrogen-bond acceptors (Lipinski definition) is 5. The van der Waals surface area contributed by atoms with Gasteiger partial charge in [-0.05, 0) is 154 Å². The van der Waals surface area contributed by atoms with E-state index in [1.165, 1.54) is 60.7 Å². The molecular weight excluding hydrogens is 986 g/mol. The van der Waals surface area contributed by atoms with Gasteiger partial charge < -0.3 is 28.6 Å². The standard InChI is InChI=1S/C74H58BN5O/c1-73(2,3)47-31-35-51(36-32-47)76(52-37-33-48(34-38-52)74(4,5)6)54-39-41-60-65(44-54)78(53-40-42-69-59(43-53)57-24-14-16-30-68(57)81-69)66-45-55(77(49-19-9-7-10-20-49)50-21-11-8-12-22-50)46-67-70(66)75(60)61-26-18-29-64-72(61)80(67)63-28-17-25-58-56-23-13-15-27-62(56)79(64)71(58)63/h7-46H,1-6H3. The van der Waals surface area contributed by atoms with Gasteiger partial charge in [0.2, 0.25) is 0 Å². The van der Waals surface area contributed by atoms with Crippen LogP contribution in [-0.2, 0) is 10.8 Å². The van der Waals surface area contributed by atoms with Crippen LogP contribution in [0.3, 0.4) is 0 Å². The first-order valence-corrected chi connectivity index (χ1v) is 28.4. The zero-order valence-electron chi connectivity index (χ0n) is 46.3. The van der Waals surface area contributed by atoms with Crippen molar-refractivity contribution >= 4 is 135 Å². The van der Waals surface area contributed by atoms with Crippen molar-refractivity contribution in [2.45, 2.75) is 52.4 Å². The number of rotatable bonds is 7. The number of furan rings is 1. The van der Waals surface area contributed by atoms with Gasteiger partial charge in [-0.25, -0.2) is 0 Å². The Labute approximate surface area is 473 Å². The van der Waals surface area contributed by atoms with Crippen molar-refractivity contribution in [2.75, 3.05) is 19.6 Å². The minimum absolute atomic E-state index is 0.00187. The van der Waals surface area contributed by atoms with Gasteiger partial charge in [-0.1, -0.05) is 169 Å². The summed E-state index contributed by atoms with van der Waals surface area (Å²) in [6.45, 7) is 13.6. The van der Waals surface area contributed by atoms with E-state index in [1.54, 1.807) is 0 Å². The third-order valence-electron chi connectivity index (χ3n) is 17.3. The lowest BCUT2D eigenvalue weighted by atomic mass is 9.33. The minimum Gasteiger partial charge on any atom is -0.456 e. The predicted molar refractivity (Wildman–Crippen MR) is 342 cm³/mol. The van der Waals surface area contributed by atoms with Gasteiger partial charge in [0.05, 0.1) is 33.8 Å². The van der Waals surface area contributed by atoms with Gasteiger partial charge in [0, 0.05) is 72.7 Å². The van der Waals surface area contributed by atoms with Crippen LogP contribution in [0.4, 0.5) is 68.2 Å². The second-order valence-electron chi connectivity index (χ2n) is 24.2. The molecule has 0 aliphatic carbocycles. The molecule has 0 atom stereocenters. The molecule has 0 radical (unpaired) electrons. The van der Waals surface area contributed by atoms with Crippen LogP contribution in [0.1, 0.15) is 52.7 Å². The lowest BCUT2D eigenvalue weighted by Crippen LogP contribution is -2.61. The largest absolute Gasteiger partial charge is 0.456 e. The maximum Gasteiger partial charge on any atom is 0.252 e. The molecule has 6 nitrogen and oxygen atoms in total. The summed E-state index contributed by atoms with van der Waals surface area (Å²) in [6, 6.07) is 90.3. The van der Waals surface area contributed by atoms with E-state index in [2.05, 4.69) is 308 Å². The summed E-state index contributed by atoms with van der Waals surface area (Å²) in [5.74, 6) is 0. The summed E-state index contributed by atoms with van der Waals surface area (Å²) >= 11 is 0. The Kier molecular flexibility index (Phi) is 10.2. The summed E-state index contributed by atoms with van der Waals surface area (Å²) in [6.07, 6.45) is 0. The van der Waals surface area contributed by atoms with Crippen molar-refractivity contribution in [3.8, 4) is 5.69 Å². The fourth-order valence-corrected chi connectivity index (χ4v) is 13.5. The molecule has 0 spiro atoms. The maximum atomic E-state index is 6.57. The molecule has 11 aromatic carbocycles. The fourth-order valence-electron chi connectivity index (χ4n) is 13.5. The van der Waals surface area contributed by atoms with E-state index in [-0.39, 0.29) is 17.5 Å². The van der Waals surface area contributed by atoms with Gasteiger partial charge in [-0.2, -0.15) is 0 Å². The molecule has 0 bridgehead atoms. The molecule has 3 aliphatic rings. The zero-order chi connectivity index (χ0) is 54.5. The second kappa shape index (κ2) is 17.4. The number of benzene rings is 11. The number of para-hydroxylation sites is 6. The summed E-state index contributed by atoms with van der Waals surface area (Å²) in [7, 11) is 0. The highest BCUT2D eigenvalue weighted by molar-refractivity contribution is 7.00. The molecule has 0 N–H and O–H groups in total. The quantitative estimate of drug-likeness (QED) is 0.149. The van der Waals surface area contributed by atoms with Crippen molar-refractivity contribution in [3.05, 3.63) is 254 Å². The van der Waals surface area contributed by atoms with Crippen LogP contribution in [0.5, 0.6) is 0 Å². The van der Waals surface area contributed by atoms with Crippen LogP contribution < -0.4 is 36.0 Å². The molecule has 0 saturated carbocycles. The Morgan fingerprint density at radius 3 is 1.57 bits per heavy atom. The fraction of sp³-hybridized carbons (Fsp3) is 0.108. The lowest BCUT2D eigenvalue weighted by Gasteiger charge is -2.47. The van der Waals surface area contributed by atoms with E-state index in [1.807, 2.05) is 0 Å². The summed E-state index contributed by atoms with van der Waals surface area (Å²) in [4.78, 5) is 10.0. The van der Waals surface area contributed by atoms with Crippen LogP contribution in [0.2, 0.25) is 0 Å². The molecule has 0 unspecified atom stereocenters. The van der Waals surface area contributed by atoms with Crippen molar-refractivity contribution < 1.29 is 4.42 Å². The summed E-state index contributed by atoms with van der Waals surface area (Å²) in [5, 5.41) is 4.66. The van der Waals surface area contributed by atoms with Gasteiger partial charge in [-0.3, -0.25) is 0 Å². The molecule has 0 fully saturated rings. The highest BCUT2D eigenvalue weighted by Crippen LogP contribution is 2.55. The highest BCUT2D eigenvalue weighted by Gasteiger charge is 2.47. The Morgan fingerprint density at radius 1 is 0.358 bits per heavy atom. The highest BCUT2D eigenvalue weighted by atomic mass is 16.3. The lowest BCUT2D eigenvalue weighted by molar-refractivity contribution is 0.590. The van der Waals surface area contributed by atoms with E-state index in [9.17, 15) is 0 Å². The molecule has 2 aromatic heterocycles. The number of fused-ring (bicyclic) bond motifs is 12. The van der Waals surface area contributed by atoms with E-state index in [0.717, 1.165) is 84.5 Å². The first-order valence-electron chi connectivity index (χ1n) is 28.4. The first kappa shape index (κ1) is 47.3. The van der Waals surface area contributed by atoms with E-state index in [4.69, 9.17) is 4.42 Å². The molecule has 16 rings (SSSR count). The molecular formula is C74H58BN5O. The van der Waals surface area contributed by atoms with Crippen molar-refractivity contribution in [1.82, 2.24) is 4.57 Å². The average molecular weight is 1040 g/mol. The molecule has 81 heavy (non-hydrogen) atoms. The molecule has 7 heteroatoms. The summed E-state index contributed by atoms with van der Waals surface area (Å²) in [5.41, 5.74) is 25.0. The van der Waals surface area contributed by atoms with E-state index >= 15 is 0 Å².